The Labute approximate surface area is 178 Å². The van der Waals surface area contributed by atoms with Gasteiger partial charge in [-0.15, -0.1) is 0 Å². The van der Waals surface area contributed by atoms with E-state index >= 15 is 0 Å². The van der Waals surface area contributed by atoms with Crippen molar-refractivity contribution in [2.45, 2.75) is 33.6 Å². The first-order chi connectivity index (χ1) is 14.4. The van der Waals surface area contributed by atoms with Gasteiger partial charge in [0.05, 0.1) is 6.61 Å². The van der Waals surface area contributed by atoms with Gasteiger partial charge in [-0.25, -0.2) is 0 Å². The minimum Gasteiger partial charge on any atom is -0.494 e. The lowest BCUT2D eigenvalue weighted by Gasteiger charge is -2.11. The van der Waals surface area contributed by atoms with Gasteiger partial charge in [0, 0.05) is 24.2 Å². The summed E-state index contributed by atoms with van der Waals surface area (Å²) < 4.78 is 11.0. The number of carbonyl (C=O) groups is 2. The molecule has 6 heteroatoms. The van der Waals surface area contributed by atoms with Crippen LogP contribution in [0.2, 0.25) is 0 Å². The van der Waals surface area contributed by atoms with Crippen LogP contribution in [0.4, 0.5) is 0 Å². The minimum absolute atomic E-state index is 0.0969. The molecule has 6 nitrogen and oxygen atoms in total. The zero-order chi connectivity index (χ0) is 21.9. The molecule has 0 aliphatic carbocycles. The molecule has 0 atom stereocenters. The maximum Gasteiger partial charge on any atom is 0.262 e. The van der Waals surface area contributed by atoms with E-state index in [0.29, 0.717) is 36.6 Å². The van der Waals surface area contributed by atoms with Crippen LogP contribution in [0.15, 0.2) is 54.7 Å². The van der Waals surface area contributed by atoms with Gasteiger partial charge < -0.3 is 20.1 Å². The van der Waals surface area contributed by atoms with Crippen molar-refractivity contribution in [2.24, 2.45) is 0 Å². The van der Waals surface area contributed by atoms with E-state index in [1.54, 1.807) is 24.3 Å². The maximum atomic E-state index is 12.2. The third-order valence-electron chi connectivity index (χ3n) is 4.47. The molecular formula is C24H30N2O4. The van der Waals surface area contributed by atoms with Crippen molar-refractivity contribution in [2.75, 3.05) is 19.8 Å². The quantitative estimate of drug-likeness (QED) is 0.589. The van der Waals surface area contributed by atoms with Gasteiger partial charge in [0.1, 0.15) is 11.5 Å². The van der Waals surface area contributed by atoms with Crippen molar-refractivity contribution in [3.05, 3.63) is 71.4 Å². The number of nitrogens with one attached hydrogen (secondary N) is 2. The summed E-state index contributed by atoms with van der Waals surface area (Å²) >= 11 is 0. The first-order valence-electron chi connectivity index (χ1n) is 10.1. The smallest absolute Gasteiger partial charge is 0.262 e. The molecule has 0 bridgehead atoms. The van der Waals surface area contributed by atoms with Crippen molar-refractivity contribution >= 4 is 11.8 Å². The van der Waals surface area contributed by atoms with Crippen molar-refractivity contribution in [3.8, 4) is 11.5 Å². The average molecular weight is 411 g/mol. The fourth-order valence-corrected chi connectivity index (χ4v) is 2.60. The van der Waals surface area contributed by atoms with Crippen LogP contribution in [0.1, 0.15) is 41.3 Å². The molecule has 0 unspecified atom stereocenters. The highest BCUT2D eigenvalue weighted by Crippen LogP contribution is 2.16. The van der Waals surface area contributed by atoms with Gasteiger partial charge in [0.25, 0.3) is 11.8 Å². The Morgan fingerprint density at radius 3 is 2.33 bits per heavy atom. The van der Waals surface area contributed by atoms with E-state index in [9.17, 15) is 9.59 Å². The largest absolute Gasteiger partial charge is 0.494 e. The van der Waals surface area contributed by atoms with Crippen molar-refractivity contribution in [1.29, 1.82) is 0 Å². The summed E-state index contributed by atoms with van der Waals surface area (Å²) in [5.74, 6) is 0.922. The number of rotatable bonds is 11. The lowest BCUT2D eigenvalue weighted by atomic mass is 10.1. The zero-order valence-electron chi connectivity index (χ0n) is 17.9. The first kappa shape index (κ1) is 23.0. The summed E-state index contributed by atoms with van der Waals surface area (Å²) in [6.07, 6.45) is 1.36. The third-order valence-corrected chi connectivity index (χ3v) is 4.47. The van der Waals surface area contributed by atoms with Crippen molar-refractivity contribution in [1.82, 2.24) is 10.6 Å². The van der Waals surface area contributed by atoms with E-state index in [4.69, 9.17) is 9.47 Å². The van der Waals surface area contributed by atoms with E-state index < -0.39 is 0 Å². The Bertz CT molecular complexity index is 875. The highest BCUT2D eigenvalue weighted by atomic mass is 16.5. The minimum atomic E-state index is -0.285. The average Bonchev–Trinajstić information content (AvgIpc) is 2.73. The molecule has 0 aliphatic rings. The molecule has 2 N–H and O–H groups in total. The number of amides is 2. The van der Waals surface area contributed by atoms with Gasteiger partial charge in [-0.05, 0) is 67.8 Å². The molecule has 0 spiro atoms. The van der Waals surface area contributed by atoms with E-state index in [1.165, 1.54) is 5.56 Å². The van der Waals surface area contributed by atoms with Gasteiger partial charge in [-0.1, -0.05) is 19.6 Å². The Morgan fingerprint density at radius 2 is 1.67 bits per heavy atom. The van der Waals surface area contributed by atoms with Gasteiger partial charge in [0.2, 0.25) is 0 Å². The molecule has 0 saturated heterocycles. The number of benzene rings is 2. The van der Waals surface area contributed by atoms with Crippen molar-refractivity contribution in [3.63, 3.8) is 0 Å². The highest BCUT2D eigenvalue weighted by Gasteiger charge is 2.08. The summed E-state index contributed by atoms with van der Waals surface area (Å²) in [5.41, 5.74) is 3.35. The van der Waals surface area contributed by atoms with E-state index in [-0.39, 0.29) is 18.4 Å². The maximum absolute atomic E-state index is 12.2. The second-order valence-electron chi connectivity index (χ2n) is 7.07. The van der Waals surface area contributed by atoms with Crippen LogP contribution in [-0.2, 0) is 4.79 Å². The molecule has 2 aromatic carbocycles. The first-order valence-corrected chi connectivity index (χ1v) is 10.1. The predicted octanol–water partition coefficient (Wildman–Crippen LogP) is 3.92. The number of hydrogen-bond acceptors (Lipinski definition) is 4. The topological polar surface area (TPSA) is 76.7 Å². The molecule has 2 amide bonds. The Hall–Kier alpha value is -3.28. The van der Waals surface area contributed by atoms with Crippen molar-refractivity contribution < 1.29 is 19.1 Å². The molecule has 0 heterocycles. The zero-order valence-corrected chi connectivity index (χ0v) is 17.9. The van der Waals surface area contributed by atoms with Crippen LogP contribution < -0.4 is 20.1 Å². The van der Waals surface area contributed by atoms with Crippen LogP contribution in [0.5, 0.6) is 11.5 Å². The van der Waals surface area contributed by atoms with Crippen LogP contribution in [0, 0.1) is 13.8 Å². The monoisotopic (exact) mass is 410 g/mol. The lowest BCUT2D eigenvalue weighted by molar-refractivity contribution is -0.122. The van der Waals surface area contributed by atoms with Gasteiger partial charge in [-0.2, -0.15) is 0 Å². The molecule has 0 radical (unpaired) electrons. The van der Waals surface area contributed by atoms with Gasteiger partial charge >= 0.3 is 0 Å². The molecule has 2 aromatic rings. The molecule has 30 heavy (non-hydrogen) atoms. The lowest BCUT2D eigenvalue weighted by Crippen LogP contribution is -2.30. The van der Waals surface area contributed by atoms with E-state index in [0.717, 1.165) is 17.7 Å². The fraction of sp³-hybridized carbons (Fsp3) is 0.333. The Kier molecular flexibility index (Phi) is 8.94. The van der Waals surface area contributed by atoms with Crippen LogP contribution >= 0.6 is 0 Å². The summed E-state index contributed by atoms with van der Waals surface area (Å²) in [7, 11) is 0. The molecular weight excluding hydrogens is 380 g/mol. The number of carbonyl (C=O) groups excluding carboxylic acids is 2. The normalized spacial score (nSPS) is 10.2. The number of hydrogen-bond donors (Lipinski definition) is 2. The number of ether oxygens (including phenoxy) is 2. The molecule has 0 aliphatic heterocycles. The Morgan fingerprint density at radius 1 is 0.967 bits per heavy atom. The second kappa shape index (κ2) is 11.7. The molecule has 0 saturated carbocycles. The summed E-state index contributed by atoms with van der Waals surface area (Å²) in [4.78, 5) is 24.2. The Balaban J connectivity index is 1.67. The molecule has 2 rings (SSSR count). The molecule has 0 fully saturated rings. The van der Waals surface area contributed by atoms with E-state index in [2.05, 4.69) is 17.2 Å². The molecule has 160 valence electrons. The summed E-state index contributed by atoms with van der Waals surface area (Å²) in [6.45, 7) is 10.8. The molecule has 0 aromatic heterocycles. The summed E-state index contributed by atoms with van der Waals surface area (Å²) in [5, 5.41) is 5.50. The predicted molar refractivity (Wildman–Crippen MR) is 118 cm³/mol. The third kappa shape index (κ3) is 7.62. The van der Waals surface area contributed by atoms with Gasteiger partial charge in [-0.3, -0.25) is 9.59 Å². The SMILES string of the molecule is C=C(CCNC(=O)c1ccc(OCCC)cc1)NC(=O)COc1ccc(C)c(C)c1. The second-order valence-corrected chi connectivity index (χ2v) is 7.07. The van der Waals surface area contributed by atoms with Gasteiger partial charge in [0.15, 0.2) is 6.61 Å². The highest BCUT2D eigenvalue weighted by molar-refractivity contribution is 5.94. The number of aryl methyl sites for hydroxylation is 2. The fourth-order valence-electron chi connectivity index (χ4n) is 2.60. The van der Waals surface area contributed by atoms with Crippen LogP contribution in [0.25, 0.3) is 0 Å². The summed E-state index contributed by atoms with van der Waals surface area (Å²) in [6, 6.07) is 12.7. The standard InChI is InChI=1S/C24H30N2O4/c1-5-14-29-21-10-7-20(8-11-21)24(28)25-13-12-19(4)26-23(27)16-30-22-9-6-17(2)18(3)15-22/h6-11,15H,4-5,12-14,16H2,1-3H3,(H,25,28)(H,26,27). The van der Waals surface area contributed by atoms with E-state index in [1.807, 2.05) is 39.0 Å². The van der Waals surface area contributed by atoms with Crippen LogP contribution in [0.3, 0.4) is 0 Å². The van der Waals surface area contributed by atoms with Crippen LogP contribution in [-0.4, -0.2) is 31.6 Å².